The van der Waals surface area contributed by atoms with Gasteiger partial charge in [-0.1, -0.05) is 17.4 Å². The van der Waals surface area contributed by atoms with E-state index >= 15 is 0 Å². The Labute approximate surface area is 103 Å². The van der Waals surface area contributed by atoms with Crippen LogP contribution in [0, 0.1) is 0 Å². The Morgan fingerprint density at radius 1 is 1.59 bits per heavy atom. The van der Waals surface area contributed by atoms with Gasteiger partial charge in [0.2, 0.25) is 0 Å². The van der Waals surface area contributed by atoms with Gasteiger partial charge >= 0.3 is 5.97 Å². The van der Waals surface area contributed by atoms with Crippen molar-refractivity contribution in [2.45, 2.75) is 19.8 Å². The highest BCUT2D eigenvalue weighted by Crippen LogP contribution is 2.27. The topological polar surface area (TPSA) is 65.2 Å². The Morgan fingerprint density at radius 2 is 2.35 bits per heavy atom. The van der Waals surface area contributed by atoms with Crippen LogP contribution < -0.4 is 5.73 Å². The Morgan fingerprint density at radius 3 is 3.06 bits per heavy atom. The summed E-state index contributed by atoms with van der Waals surface area (Å²) < 4.78 is 6.00. The molecule has 2 aromatic rings. The molecule has 17 heavy (non-hydrogen) atoms. The zero-order valence-electron chi connectivity index (χ0n) is 9.77. The van der Waals surface area contributed by atoms with Crippen molar-refractivity contribution >= 4 is 32.7 Å². The van der Waals surface area contributed by atoms with Crippen molar-refractivity contribution in [2.24, 2.45) is 0 Å². The molecule has 1 atom stereocenters. The molecule has 2 N–H and O–H groups in total. The number of anilines is 1. The van der Waals surface area contributed by atoms with Gasteiger partial charge in [0.05, 0.1) is 22.7 Å². The van der Waals surface area contributed by atoms with Crippen molar-refractivity contribution in [2.75, 3.05) is 12.3 Å². The fourth-order valence-electron chi connectivity index (χ4n) is 1.63. The average molecular weight is 250 g/mol. The highest BCUT2D eigenvalue weighted by Gasteiger charge is 2.17. The molecule has 0 aliphatic heterocycles. The van der Waals surface area contributed by atoms with Crippen LogP contribution in [-0.4, -0.2) is 17.6 Å². The average Bonchev–Trinajstić information content (AvgIpc) is 2.67. The summed E-state index contributed by atoms with van der Waals surface area (Å²) >= 11 is 1.42. The van der Waals surface area contributed by atoms with E-state index in [-0.39, 0.29) is 11.9 Å². The molecule has 1 heterocycles. The number of hydrogen-bond acceptors (Lipinski definition) is 5. The molecular formula is C12H14N2O2S. The van der Waals surface area contributed by atoms with Gasteiger partial charge in [0, 0.05) is 0 Å². The molecule has 4 nitrogen and oxygen atoms in total. The first-order valence-corrected chi connectivity index (χ1v) is 6.26. The molecule has 0 bridgehead atoms. The standard InChI is InChI=1S/C12H14N2O2S/c1-3-16-11(15)7(2)8-4-5-9-10(6-8)17-12(13)14-9/h4-7H,3H2,1-2H3,(H2,13,14). The number of aromatic nitrogens is 1. The van der Waals surface area contributed by atoms with Crippen LogP contribution in [0.4, 0.5) is 5.13 Å². The summed E-state index contributed by atoms with van der Waals surface area (Å²) in [6.07, 6.45) is 0. The molecule has 0 radical (unpaired) electrons. The lowest BCUT2D eigenvalue weighted by Crippen LogP contribution is -2.12. The highest BCUT2D eigenvalue weighted by molar-refractivity contribution is 7.22. The second-order valence-electron chi connectivity index (χ2n) is 3.75. The van der Waals surface area contributed by atoms with Gasteiger partial charge in [-0.15, -0.1) is 0 Å². The second-order valence-corrected chi connectivity index (χ2v) is 4.82. The van der Waals surface area contributed by atoms with Gasteiger partial charge in [-0.2, -0.15) is 0 Å². The smallest absolute Gasteiger partial charge is 0.313 e. The molecule has 0 fully saturated rings. The fraction of sp³-hybridized carbons (Fsp3) is 0.333. The molecule has 1 aromatic carbocycles. The number of rotatable bonds is 3. The van der Waals surface area contributed by atoms with Crippen LogP contribution in [0.1, 0.15) is 25.3 Å². The van der Waals surface area contributed by atoms with E-state index in [4.69, 9.17) is 10.5 Å². The first-order chi connectivity index (χ1) is 8.11. The number of esters is 1. The van der Waals surface area contributed by atoms with Gasteiger partial charge in [-0.05, 0) is 31.5 Å². The van der Waals surface area contributed by atoms with Crippen molar-refractivity contribution < 1.29 is 9.53 Å². The summed E-state index contributed by atoms with van der Waals surface area (Å²) in [6.45, 7) is 4.04. The van der Waals surface area contributed by atoms with E-state index < -0.39 is 0 Å². The van der Waals surface area contributed by atoms with Crippen LogP contribution in [0.2, 0.25) is 0 Å². The number of thiazole rings is 1. The SMILES string of the molecule is CCOC(=O)C(C)c1ccc2nc(N)sc2c1. The molecule has 0 saturated heterocycles. The Balaban J connectivity index is 2.32. The predicted molar refractivity (Wildman–Crippen MR) is 69.1 cm³/mol. The Kier molecular flexibility index (Phi) is 3.28. The number of nitrogen functional groups attached to an aromatic ring is 1. The van der Waals surface area contributed by atoms with Gasteiger partial charge in [-0.25, -0.2) is 4.98 Å². The summed E-state index contributed by atoms with van der Waals surface area (Å²) in [4.78, 5) is 15.8. The minimum atomic E-state index is -0.261. The van der Waals surface area contributed by atoms with Gasteiger partial charge in [0.15, 0.2) is 5.13 Å². The minimum absolute atomic E-state index is 0.204. The lowest BCUT2D eigenvalue weighted by atomic mass is 10.0. The van der Waals surface area contributed by atoms with Gasteiger partial charge in [-0.3, -0.25) is 4.79 Å². The van der Waals surface area contributed by atoms with Crippen molar-refractivity contribution in [3.63, 3.8) is 0 Å². The lowest BCUT2D eigenvalue weighted by molar-refractivity contribution is -0.144. The van der Waals surface area contributed by atoms with Crippen molar-refractivity contribution in [1.82, 2.24) is 4.98 Å². The van der Waals surface area contributed by atoms with E-state index in [2.05, 4.69) is 4.98 Å². The number of nitrogens with two attached hydrogens (primary N) is 1. The van der Waals surface area contributed by atoms with E-state index in [1.54, 1.807) is 6.92 Å². The zero-order chi connectivity index (χ0) is 12.4. The summed E-state index contributed by atoms with van der Waals surface area (Å²) in [5.74, 6) is -0.466. The number of nitrogens with zero attached hydrogens (tertiary/aromatic N) is 1. The maximum Gasteiger partial charge on any atom is 0.313 e. The normalized spacial score (nSPS) is 12.6. The molecule has 0 aliphatic carbocycles. The first-order valence-electron chi connectivity index (χ1n) is 5.44. The predicted octanol–water partition coefficient (Wildman–Crippen LogP) is 2.55. The largest absolute Gasteiger partial charge is 0.466 e. The molecule has 0 amide bonds. The number of carbonyl (C=O) groups excluding carboxylic acids is 1. The molecule has 0 spiro atoms. The first kappa shape index (κ1) is 11.9. The summed E-state index contributed by atoms with van der Waals surface area (Å²) in [6, 6.07) is 5.72. The minimum Gasteiger partial charge on any atom is -0.466 e. The third-order valence-corrected chi connectivity index (χ3v) is 3.42. The van der Waals surface area contributed by atoms with E-state index in [1.165, 1.54) is 11.3 Å². The number of benzene rings is 1. The monoisotopic (exact) mass is 250 g/mol. The third kappa shape index (κ3) is 2.39. The van der Waals surface area contributed by atoms with Crippen LogP contribution in [0.15, 0.2) is 18.2 Å². The van der Waals surface area contributed by atoms with E-state index in [0.29, 0.717) is 11.7 Å². The number of fused-ring (bicyclic) bond motifs is 1. The van der Waals surface area contributed by atoms with Gasteiger partial charge in [0.1, 0.15) is 0 Å². The Hall–Kier alpha value is -1.62. The van der Waals surface area contributed by atoms with Crippen LogP contribution in [-0.2, 0) is 9.53 Å². The lowest BCUT2D eigenvalue weighted by Gasteiger charge is -2.10. The maximum atomic E-state index is 11.6. The van der Waals surface area contributed by atoms with E-state index in [1.807, 2.05) is 25.1 Å². The third-order valence-electron chi connectivity index (χ3n) is 2.57. The Bertz CT molecular complexity index is 550. The fourth-order valence-corrected chi connectivity index (χ4v) is 2.41. The molecule has 5 heteroatoms. The quantitative estimate of drug-likeness (QED) is 0.850. The van der Waals surface area contributed by atoms with Crippen molar-refractivity contribution in [1.29, 1.82) is 0 Å². The molecule has 2 rings (SSSR count). The second kappa shape index (κ2) is 4.71. The molecule has 90 valence electrons. The van der Waals surface area contributed by atoms with Crippen LogP contribution >= 0.6 is 11.3 Å². The van der Waals surface area contributed by atoms with E-state index in [9.17, 15) is 4.79 Å². The van der Waals surface area contributed by atoms with Crippen LogP contribution in [0.3, 0.4) is 0 Å². The number of ether oxygens (including phenoxy) is 1. The number of carbonyl (C=O) groups is 1. The molecule has 0 saturated carbocycles. The summed E-state index contributed by atoms with van der Waals surface area (Å²) in [5.41, 5.74) is 7.44. The molecule has 1 aromatic heterocycles. The summed E-state index contributed by atoms with van der Waals surface area (Å²) in [5, 5.41) is 0.543. The summed E-state index contributed by atoms with van der Waals surface area (Å²) in [7, 11) is 0. The number of hydrogen-bond donors (Lipinski definition) is 1. The zero-order valence-corrected chi connectivity index (χ0v) is 10.6. The van der Waals surface area contributed by atoms with Crippen molar-refractivity contribution in [3.05, 3.63) is 23.8 Å². The molecular weight excluding hydrogens is 236 g/mol. The molecule has 1 unspecified atom stereocenters. The van der Waals surface area contributed by atoms with Gasteiger partial charge in [0.25, 0.3) is 0 Å². The van der Waals surface area contributed by atoms with Crippen LogP contribution in [0.5, 0.6) is 0 Å². The molecule has 0 aliphatic rings. The van der Waals surface area contributed by atoms with Crippen LogP contribution in [0.25, 0.3) is 10.2 Å². The maximum absolute atomic E-state index is 11.6. The highest BCUT2D eigenvalue weighted by atomic mass is 32.1. The van der Waals surface area contributed by atoms with Gasteiger partial charge < -0.3 is 10.5 Å². The van der Waals surface area contributed by atoms with Crippen molar-refractivity contribution in [3.8, 4) is 0 Å². The van der Waals surface area contributed by atoms with E-state index in [0.717, 1.165) is 15.8 Å².